The van der Waals surface area contributed by atoms with Crippen LogP contribution in [0.1, 0.15) is 194 Å². The van der Waals surface area contributed by atoms with Gasteiger partial charge in [-0.25, -0.2) is 0 Å². The standard InChI is InChI=1S/C50H82O6/c1-4-7-10-13-16-19-22-23-24-25-26-29-31-34-37-40-43-49(52)55-46-47(56-50(53)44-41-38-35-32-28-21-18-15-12-9-6-3)45-54-48(51)42-39-36-33-30-27-20-17-14-11-8-5-2/h7,10,14-19,21,23-24,26,28-29,47H,4-6,8-9,11-13,20,22,25,27,30-46H2,1-3H3/b10-7-,17-14-,18-15-,19-16-,24-23-,28-21-,29-26-. The van der Waals surface area contributed by atoms with Crippen LogP contribution >= 0.6 is 0 Å². The molecule has 6 nitrogen and oxygen atoms in total. The van der Waals surface area contributed by atoms with Gasteiger partial charge in [0.05, 0.1) is 0 Å². The van der Waals surface area contributed by atoms with Crippen molar-refractivity contribution < 1.29 is 28.6 Å². The van der Waals surface area contributed by atoms with Gasteiger partial charge in [0.25, 0.3) is 0 Å². The molecule has 0 aliphatic carbocycles. The molecule has 1 unspecified atom stereocenters. The minimum absolute atomic E-state index is 0.104. The predicted molar refractivity (Wildman–Crippen MR) is 237 cm³/mol. The number of carbonyl (C=O) groups excluding carboxylic acids is 3. The van der Waals surface area contributed by atoms with Crippen LogP contribution in [0, 0.1) is 0 Å². The number of esters is 3. The van der Waals surface area contributed by atoms with Gasteiger partial charge in [-0.2, -0.15) is 0 Å². The summed E-state index contributed by atoms with van der Waals surface area (Å²) < 4.78 is 16.6. The molecule has 0 aromatic rings. The van der Waals surface area contributed by atoms with Crippen LogP contribution in [0.2, 0.25) is 0 Å². The first-order chi connectivity index (χ1) is 27.5. The van der Waals surface area contributed by atoms with Crippen molar-refractivity contribution in [1.29, 1.82) is 0 Å². The zero-order valence-corrected chi connectivity index (χ0v) is 36.1. The third-order valence-corrected chi connectivity index (χ3v) is 9.13. The Morgan fingerprint density at radius 2 is 0.750 bits per heavy atom. The molecule has 0 aliphatic heterocycles. The molecule has 0 aromatic carbocycles. The van der Waals surface area contributed by atoms with Gasteiger partial charge in [0.1, 0.15) is 13.2 Å². The molecular weight excluding hydrogens is 697 g/mol. The molecule has 0 fully saturated rings. The van der Waals surface area contributed by atoms with E-state index < -0.39 is 6.10 Å². The Balaban J connectivity index is 4.48. The van der Waals surface area contributed by atoms with E-state index in [0.29, 0.717) is 12.8 Å². The second-order valence-electron chi connectivity index (χ2n) is 14.6. The highest BCUT2D eigenvalue weighted by Gasteiger charge is 2.19. The normalized spacial score (nSPS) is 12.8. The number of carbonyl (C=O) groups is 3. The van der Waals surface area contributed by atoms with Gasteiger partial charge in [0.15, 0.2) is 6.10 Å². The van der Waals surface area contributed by atoms with E-state index in [2.05, 4.69) is 106 Å². The Bertz CT molecular complexity index is 1120. The molecule has 56 heavy (non-hydrogen) atoms. The average molecular weight is 779 g/mol. The summed E-state index contributed by atoms with van der Waals surface area (Å²) in [5, 5.41) is 0. The van der Waals surface area contributed by atoms with Crippen LogP contribution in [0.15, 0.2) is 85.1 Å². The van der Waals surface area contributed by atoms with Crippen LogP contribution in [0.25, 0.3) is 0 Å². The number of allylic oxidation sites excluding steroid dienone is 14. The van der Waals surface area contributed by atoms with E-state index >= 15 is 0 Å². The molecule has 0 N–H and O–H groups in total. The summed E-state index contributed by atoms with van der Waals surface area (Å²) in [4.78, 5) is 37.7. The van der Waals surface area contributed by atoms with E-state index in [-0.39, 0.29) is 37.5 Å². The van der Waals surface area contributed by atoms with Gasteiger partial charge in [-0.15, -0.1) is 0 Å². The summed E-state index contributed by atoms with van der Waals surface area (Å²) in [6, 6.07) is 0. The summed E-state index contributed by atoms with van der Waals surface area (Å²) in [6.07, 6.45) is 55.7. The molecule has 0 rings (SSSR count). The van der Waals surface area contributed by atoms with Crippen LogP contribution in [0.5, 0.6) is 0 Å². The maximum atomic E-state index is 12.7. The second kappa shape index (κ2) is 44.3. The average Bonchev–Trinajstić information content (AvgIpc) is 3.19. The molecule has 0 bridgehead atoms. The quantitative estimate of drug-likeness (QED) is 0.0203. The SMILES string of the molecule is CC/C=C\C/C=C\C/C=C\C/C=C\CCCCCC(=O)OCC(COC(=O)CCCCCCC/C=C\CCCC)OC(=O)CCCCC/C=C\C=C/CCCC. The summed E-state index contributed by atoms with van der Waals surface area (Å²) >= 11 is 0. The highest BCUT2D eigenvalue weighted by Crippen LogP contribution is 2.12. The van der Waals surface area contributed by atoms with Gasteiger partial charge in [0, 0.05) is 19.3 Å². The molecule has 318 valence electrons. The van der Waals surface area contributed by atoms with Crippen molar-refractivity contribution in [1.82, 2.24) is 0 Å². The van der Waals surface area contributed by atoms with Crippen LogP contribution < -0.4 is 0 Å². The summed E-state index contributed by atoms with van der Waals surface area (Å²) in [5.41, 5.74) is 0. The minimum Gasteiger partial charge on any atom is -0.462 e. The first-order valence-corrected chi connectivity index (χ1v) is 22.6. The highest BCUT2D eigenvalue weighted by molar-refractivity contribution is 5.71. The maximum absolute atomic E-state index is 12.7. The van der Waals surface area contributed by atoms with Gasteiger partial charge in [-0.1, -0.05) is 164 Å². The Labute approximate surface area is 344 Å². The number of rotatable bonds is 39. The predicted octanol–water partition coefficient (Wildman–Crippen LogP) is 14.5. The molecular formula is C50H82O6. The molecule has 0 radical (unpaired) electrons. The van der Waals surface area contributed by atoms with Crippen LogP contribution in [-0.4, -0.2) is 37.2 Å². The van der Waals surface area contributed by atoms with E-state index in [4.69, 9.17) is 14.2 Å². The van der Waals surface area contributed by atoms with Gasteiger partial charge in [0.2, 0.25) is 0 Å². The maximum Gasteiger partial charge on any atom is 0.306 e. The van der Waals surface area contributed by atoms with Crippen molar-refractivity contribution in [2.24, 2.45) is 0 Å². The Kier molecular flexibility index (Phi) is 41.6. The Morgan fingerprint density at radius 3 is 1.25 bits per heavy atom. The van der Waals surface area contributed by atoms with Gasteiger partial charge >= 0.3 is 17.9 Å². The van der Waals surface area contributed by atoms with Crippen molar-refractivity contribution >= 4 is 17.9 Å². The second-order valence-corrected chi connectivity index (χ2v) is 14.6. The van der Waals surface area contributed by atoms with Crippen LogP contribution in [-0.2, 0) is 28.6 Å². The van der Waals surface area contributed by atoms with Crippen molar-refractivity contribution in [2.45, 2.75) is 200 Å². The number of unbranched alkanes of at least 4 members (excludes halogenated alkanes) is 15. The fourth-order valence-electron chi connectivity index (χ4n) is 5.68. The first-order valence-electron chi connectivity index (χ1n) is 22.6. The fraction of sp³-hybridized carbons (Fsp3) is 0.660. The van der Waals surface area contributed by atoms with E-state index in [1.54, 1.807) is 0 Å². The van der Waals surface area contributed by atoms with Crippen molar-refractivity contribution in [3.05, 3.63) is 85.1 Å². The molecule has 0 aliphatic rings. The lowest BCUT2D eigenvalue weighted by molar-refractivity contribution is -0.167. The van der Waals surface area contributed by atoms with E-state index in [9.17, 15) is 14.4 Å². The Hall–Kier alpha value is -3.41. The largest absolute Gasteiger partial charge is 0.462 e. The number of ether oxygens (including phenoxy) is 3. The van der Waals surface area contributed by atoms with Crippen molar-refractivity contribution in [3.8, 4) is 0 Å². The summed E-state index contributed by atoms with van der Waals surface area (Å²) in [5.74, 6) is -0.983. The number of hydrogen-bond donors (Lipinski definition) is 0. The smallest absolute Gasteiger partial charge is 0.306 e. The molecule has 1 atom stereocenters. The zero-order valence-electron chi connectivity index (χ0n) is 36.1. The molecule has 0 amide bonds. The number of hydrogen-bond acceptors (Lipinski definition) is 6. The van der Waals surface area contributed by atoms with Crippen LogP contribution in [0.3, 0.4) is 0 Å². The summed E-state index contributed by atoms with van der Waals surface area (Å²) in [7, 11) is 0. The molecule has 6 heteroatoms. The molecule has 0 saturated heterocycles. The topological polar surface area (TPSA) is 78.9 Å². The van der Waals surface area contributed by atoms with E-state index in [0.717, 1.165) is 116 Å². The lowest BCUT2D eigenvalue weighted by Crippen LogP contribution is -2.30. The third kappa shape index (κ3) is 41.7. The molecule has 0 spiro atoms. The molecule has 0 saturated carbocycles. The van der Waals surface area contributed by atoms with Crippen molar-refractivity contribution in [2.75, 3.05) is 13.2 Å². The van der Waals surface area contributed by atoms with E-state index in [1.807, 2.05) is 0 Å². The third-order valence-electron chi connectivity index (χ3n) is 9.13. The zero-order chi connectivity index (χ0) is 40.8. The molecule has 0 aromatic heterocycles. The van der Waals surface area contributed by atoms with Crippen molar-refractivity contribution in [3.63, 3.8) is 0 Å². The fourth-order valence-corrected chi connectivity index (χ4v) is 5.68. The lowest BCUT2D eigenvalue weighted by atomic mass is 10.1. The summed E-state index contributed by atoms with van der Waals surface area (Å²) in [6.45, 7) is 6.34. The van der Waals surface area contributed by atoms with E-state index in [1.165, 1.54) is 38.5 Å². The highest BCUT2D eigenvalue weighted by atomic mass is 16.6. The first kappa shape index (κ1) is 52.6. The Morgan fingerprint density at radius 1 is 0.393 bits per heavy atom. The van der Waals surface area contributed by atoms with Gasteiger partial charge < -0.3 is 14.2 Å². The minimum atomic E-state index is -0.804. The van der Waals surface area contributed by atoms with Gasteiger partial charge in [-0.05, 0) is 96.3 Å². The van der Waals surface area contributed by atoms with Crippen LogP contribution in [0.4, 0.5) is 0 Å². The monoisotopic (exact) mass is 779 g/mol. The van der Waals surface area contributed by atoms with Gasteiger partial charge in [-0.3, -0.25) is 14.4 Å². The molecule has 0 heterocycles. The lowest BCUT2D eigenvalue weighted by Gasteiger charge is -2.18.